The molecule has 0 spiro atoms. The second kappa shape index (κ2) is 5.46. The molecule has 0 aliphatic rings. The summed E-state index contributed by atoms with van der Waals surface area (Å²) >= 11 is 0. The zero-order chi connectivity index (χ0) is 13.9. The number of benzene rings is 1. The normalized spacial score (nSPS) is 11.3. The van der Waals surface area contributed by atoms with Gasteiger partial charge in [0, 0.05) is 30.1 Å². The lowest BCUT2D eigenvalue weighted by Crippen LogP contribution is -2.04. The molecule has 0 fully saturated rings. The summed E-state index contributed by atoms with van der Waals surface area (Å²) in [7, 11) is 1.96. The molecule has 5 nitrogen and oxygen atoms in total. The topological polar surface area (TPSA) is 55.9 Å². The third-order valence-corrected chi connectivity index (χ3v) is 3.36. The van der Waals surface area contributed by atoms with Gasteiger partial charge in [-0.3, -0.25) is 0 Å². The molecule has 3 aromatic rings. The molecule has 104 valence electrons. The molecule has 1 N–H and O–H groups in total. The van der Waals surface area contributed by atoms with Gasteiger partial charge in [-0.1, -0.05) is 30.3 Å². The summed E-state index contributed by atoms with van der Waals surface area (Å²) in [5, 5.41) is 8.49. The van der Waals surface area contributed by atoms with E-state index in [1.54, 1.807) is 0 Å². The maximum absolute atomic E-state index is 5.17. The monoisotopic (exact) mass is 270 g/mol. The molecule has 0 amide bonds. The van der Waals surface area contributed by atoms with Crippen molar-refractivity contribution in [2.24, 2.45) is 0 Å². The van der Waals surface area contributed by atoms with Crippen LogP contribution in [0.25, 0.3) is 10.9 Å². The fourth-order valence-corrected chi connectivity index (χ4v) is 2.44. The number of aromatic nitrogens is 3. The van der Waals surface area contributed by atoms with Gasteiger partial charge in [-0.2, -0.15) is 4.98 Å². The predicted molar refractivity (Wildman–Crippen MR) is 77.5 cm³/mol. The summed E-state index contributed by atoms with van der Waals surface area (Å²) in [5.41, 5.74) is 2.47. The van der Waals surface area contributed by atoms with E-state index in [0.29, 0.717) is 12.4 Å². The van der Waals surface area contributed by atoms with Crippen molar-refractivity contribution in [1.29, 1.82) is 0 Å². The minimum atomic E-state index is 0.633. The highest BCUT2D eigenvalue weighted by molar-refractivity contribution is 5.84. The van der Waals surface area contributed by atoms with Crippen LogP contribution >= 0.6 is 0 Å². The number of nitrogens with one attached hydrogen (secondary N) is 1. The second-order valence-electron chi connectivity index (χ2n) is 4.79. The highest BCUT2D eigenvalue weighted by Crippen LogP contribution is 2.21. The van der Waals surface area contributed by atoms with E-state index in [-0.39, 0.29) is 0 Å². The standard InChI is InChI=1S/C15H18N4O/c1-3-15-17-14(18-20-15)10-19-9-11(8-16-2)12-6-4-5-7-13(12)19/h4-7,9,16H,3,8,10H2,1-2H3. The Labute approximate surface area is 117 Å². The van der Waals surface area contributed by atoms with E-state index in [2.05, 4.69) is 50.5 Å². The first-order valence-corrected chi connectivity index (χ1v) is 6.84. The molecule has 0 saturated carbocycles. The maximum atomic E-state index is 5.17. The summed E-state index contributed by atoms with van der Waals surface area (Å²) in [4.78, 5) is 4.37. The van der Waals surface area contributed by atoms with E-state index in [0.717, 1.165) is 18.8 Å². The Hall–Kier alpha value is -2.14. The molecule has 0 radical (unpaired) electrons. The summed E-state index contributed by atoms with van der Waals surface area (Å²) in [6, 6.07) is 8.38. The Balaban J connectivity index is 1.98. The molecular weight excluding hydrogens is 252 g/mol. The SMILES string of the molecule is CCc1nc(Cn2cc(CNC)c3ccccc32)no1. The quantitative estimate of drug-likeness (QED) is 0.773. The third-order valence-electron chi connectivity index (χ3n) is 3.36. The Morgan fingerprint density at radius 3 is 2.90 bits per heavy atom. The van der Waals surface area contributed by atoms with Gasteiger partial charge in [0.25, 0.3) is 0 Å². The molecular formula is C15H18N4O. The molecule has 3 rings (SSSR count). The minimum absolute atomic E-state index is 0.633. The molecule has 2 heterocycles. The number of rotatable bonds is 5. The number of para-hydroxylation sites is 1. The third kappa shape index (κ3) is 2.32. The molecule has 0 atom stereocenters. The van der Waals surface area contributed by atoms with Crippen molar-refractivity contribution >= 4 is 10.9 Å². The van der Waals surface area contributed by atoms with Gasteiger partial charge in [0.15, 0.2) is 5.82 Å². The van der Waals surface area contributed by atoms with E-state index < -0.39 is 0 Å². The van der Waals surface area contributed by atoms with Crippen LogP contribution in [0.2, 0.25) is 0 Å². The average Bonchev–Trinajstić information content (AvgIpc) is 3.06. The van der Waals surface area contributed by atoms with E-state index >= 15 is 0 Å². The first-order chi connectivity index (χ1) is 9.81. The number of nitrogens with zero attached hydrogens (tertiary/aromatic N) is 3. The summed E-state index contributed by atoms with van der Waals surface area (Å²) in [6.45, 7) is 3.49. The number of hydrogen-bond acceptors (Lipinski definition) is 4. The van der Waals surface area contributed by atoms with Crippen LogP contribution in [0.3, 0.4) is 0 Å². The second-order valence-corrected chi connectivity index (χ2v) is 4.79. The molecule has 0 saturated heterocycles. The van der Waals surface area contributed by atoms with Crippen molar-refractivity contribution in [1.82, 2.24) is 20.0 Å². The smallest absolute Gasteiger partial charge is 0.226 e. The van der Waals surface area contributed by atoms with E-state index in [4.69, 9.17) is 4.52 Å². The van der Waals surface area contributed by atoms with Crippen LogP contribution in [0.1, 0.15) is 24.2 Å². The van der Waals surface area contributed by atoms with Crippen molar-refractivity contribution in [3.8, 4) is 0 Å². The minimum Gasteiger partial charge on any atom is -0.339 e. The first kappa shape index (κ1) is 12.9. The van der Waals surface area contributed by atoms with Crippen LogP contribution in [0.4, 0.5) is 0 Å². The highest BCUT2D eigenvalue weighted by atomic mass is 16.5. The van der Waals surface area contributed by atoms with Gasteiger partial charge >= 0.3 is 0 Å². The lowest BCUT2D eigenvalue weighted by Gasteiger charge is -2.00. The van der Waals surface area contributed by atoms with Crippen molar-refractivity contribution in [3.63, 3.8) is 0 Å². The van der Waals surface area contributed by atoms with E-state index in [1.165, 1.54) is 16.5 Å². The van der Waals surface area contributed by atoms with Gasteiger partial charge < -0.3 is 14.4 Å². The average molecular weight is 270 g/mol. The van der Waals surface area contributed by atoms with Crippen LogP contribution in [0.5, 0.6) is 0 Å². The van der Waals surface area contributed by atoms with Crippen molar-refractivity contribution in [2.45, 2.75) is 26.4 Å². The zero-order valence-electron chi connectivity index (χ0n) is 11.8. The Bertz CT molecular complexity index is 714. The maximum Gasteiger partial charge on any atom is 0.226 e. The molecule has 0 bridgehead atoms. The van der Waals surface area contributed by atoms with E-state index in [9.17, 15) is 0 Å². The first-order valence-electron chi connectivity index (χ1n) is 6.84. The molecule has 0 aliphatic heterocycles. The van der Waals surface area contributed by atoms with Crippen LogP contribution in [0.15, 0.2) is 35.0 Å². The van der Waals surface area contributed by atoms with Gasteiger partial charge in [0.1, 0.15) is 0 Å². The number of aryl methyl sites for hydroxylation is 1. The highest BCUT2D eigenvalue weighted by Gasteiger charge is 2.10. The van der Waals surface area contributed by atoms with Gasteiger partial charge in [-0.15, -0.1) is 0 Å². The van der Waals surface area contributed by atoms with E-state index in [1.807, 2.05) is 14.0 Å². The Kier molecular flexibility index (Phi) is 3.52. The predicted octanol–water partition coefficient (Wildman–Crippen LogP) is 2.35. The fraction of sp³-hybridized carbons (Fsp3) is 0.333. The molecule has 5 heteroatoms. The lowest BCUT2D eigenvalue weighted by molar-refractivity contribution is 0.375. The zero-order valence-corrected chi connectivity index (χ0v) is 11.8. The number of hydrogen-bond donors (Lipinski definition) is 1. The Morgan fingerprint density at radius 1 is 1.30 bits per heavy atom. The van der Waals surface area contributed by atoms with Gasteiger partial charge in [-0.25, -0.2) is 0 Å². The molecule has 20 heavy (non-hydrogen) atoms. The summed E-state index contributed by atoms with van der Waals surface area (Å²) in [5.74, 6) is 1.41. The van der Waals surface area contributed by atoms with Crippen LogP contribution < -0.4 is 5.32 Å². The molecule has 0 unspecified atom stereocenters. The van der Waals surface area contributed by atoms with Crippen LogP contribution in [-0.2, 0) is 19.5 Å². The van der Waals surface area contributed by atoms with Crippen molar-refractivity contribution in [3.05, 3.63) is 47.7 Å². The van der Waals surface area contributed by atoms with Crippen LogP contribution in [0, 0.1) is 0 Å². The summed E-state index contributed by atoms with van der Waals surface area (Å²) < 4.78 is 7.34. The van der Waals surface area contributed by atoms with Gasteiger partial charge in [0.05, 0.1) is 6.54 Å². The Morgan fingerprint density at radius 2 is 2.15 bits per heavy atom. The largest absolute Gasteiger partial charge is 0.339 e. The fourth-order valence-electron chi connectivity index (χ4n) is 2.44. The summed E-state index contributed by atoms with van der Waals surface area (Å²) in [6.07, 6.45) is 2.92. The van der Waals surface area contributed by atoms with Crippen LogP contribution in [-0.4, -0.2) is 21.8 Å². The van der Waals surface area contributed by atoms with Crippen molar-refractivity contribution < 1.29 is 4.52 Å². The van der Waals surface area contributed by atoms with Gasteiger partial charge in [-0.05, 0) is 18.7 Å². The van der Waals surface area contributed by atoms with Crippen molar-refractivity contribution in [2.75, 3.05) is 7.05 Å². The molecule has 0 aliphatic carbocycles. The molecule has 1 aromatic carbocycles. The number of fused-ring (bicyclic) bond motifs is 1. The lowest BCUT2D eigenvalue weighted by atomic mass is 10.2. The van der Waals surface area contributed by atoms with Gasteiger partial charge in [0.2, 0.25) is 5.89 Å². The molecule has 2 aromatic heterocycles.